The molecule has 1 saturated carbocycles. The Morgan fingerprint density at radius 3 is 2.75 bits per heavy atom. The van der Waals surface area contributed by atoms with Gasteiger partial charge in [0.1, 0.15) is 0 Å². The average Bonchev–Trinajstić information content (AvgIpc) is 3.29. The molecule has 2 fully saturated rings. The molecule has 1 unspecified atom stereocenters. The maximum Gasteiger partial charge on any atom is 0.316 e. The topological polar surface area (TPSA) is 87.3 Å². The predicted molar refractivity (Wildman–Crippen MR) is 105 cm³/mol. The molecule has 28 heavy (non-hydrogen) atoms. The lowest BCUT2D eigenvalue weighted by Gasteiger charge is -2.39. The summed E-state index contributed by atoms with van der Waals surface area (Å²) in [6.45, 7) is 1.06. The molecule has 0 spiro atoms. The lowest BCUT2D eigenvalue weighted by molar-refractivity contribution is -0.151. The number of aromatic nitrogens is 2. The highest BCUT2D eigenvalue weighted by molar-refractivity contribution is 6.03. The van der Waals surface area contributed by atoms with Gasteiger partial charge in [0.05, 0.1) is 24.3 Å². The van der Waals surface area contributed by atoms with Crippen molar-refractivity contribution >= 4 is 17.6 Å². The average molecular weight is 382 g/mol. The minimum Gasteiger partial charge on any atom is -0.468 e. The second-order valence-electron chi connectivity index (χ2n) is 7.81. The minimum atomic E-state index is -0.581. The first-order valence-corrected chi connectivity index (χ1v) is 9.79. The van der Waals surface area contributed by atoms with E-state index in [1.807, 2.05) is 30.3 Å². The molecule has 0 radical (unpaired) electrons. The fourth-order valence-electron chi connectivity index (χ4n) is 4.35. The molecule has 7 nitrogen and oxygen atoms in total. The Morgan fingerprint density at radius 2 is 2.11 bits per heavy atom. The Balaban J connectivity index is 1.50. The lowest BCUT2D eigenvalue weighted by atomic mass is 9.64. The van der Waals surface area contributed by atoms with E-state index in [1.54, 1.807) is 0 Å². The van der Waals surface area contributed by atoms with E-state index >= 15 is 0 Å². The normalized spacial score (nSPS) is 21.1. The number of nitrogens with zero attached hydrogens (tertiary/aromatic N) is 2. The van der Waals surface area contributed by atoms with Gasteiger partial charge in [0, 0.05) is 5.69 Å². The first-order valence-electron chi connectivity index (χ1n) is 9.79. The van der Waals surface area contributed by atoms with Crippen LogP contribution in [-0.4, -0.2) is 47.7 Å². The van der Waals surface area contributed by atoms with Gasteiger partial charge in [0.15, 0.2) is 5.69 Å². The number of likely N-dealkylation sites (tertiary alicyclic amines) is 1. The summed E-state index contributed by atoms with van der Waals surface area (Å²) in [7, 11) is 3.51. The van der Waals surface area contributed by atoms with Crippen molar-refractivity contribution in [1.29, 1.82) is 0 Å². The van der Waals surface area contributed by atoms with Crippen LogP contribution in [0.3, 0.4) is 0 Å². The molecular weight excluding hydrogens is 356 g/mol. The van der Waals surface area contributed by atoms with Gasteiger partial charge >= 0.3 is 5.97 Å². The van der Waals surface area contributed by atoms with E-state index in [0.717, 1.165) is 49.9 Å². The second kappa shape index (κ2) is 7.39. The highest BCUT2D eigenvalue weighted by Gasteiger charge is 2.46. The molecule has 1 aliphatic carbocycles. The number of benzene rings is 1. The van der Waals surface area contributed by atoms with E-state index < -0.39 is 5.41 Å². The third-order valence-corrected chi connectivity index (χ3v) is 6.17. The number of aromatic amines is 1. The Kier molecular flexibility index (Phi) is 4.93. The number of hydrogen-bond acceptors (Lipinski definition) is 5. The summed E-state index contributed by atoms with van der Waals surface area (Å²) in [6, 6.07) is 9.59. The number of nitrogens with one attached hydrogen (secondary N) is 2. The lowest BCUT2D eigenvalue weighted by Crippen LogP contribution is -2.43. The number of anilines is 1. The number of carbonyl (C=O) groups excluding carboxylic acids is 2. The highest BCUT2D eigenvalue weighted by atomic mass is 16.5. The van der Waals surface area contributed by atoms with E-state index in [4.69, 9.17) is 4.74 Å². The molecule has 1 aromatic heterocycles. The Labute approximate surface area is 164 Å². The van der Waals surface area contributed by atoms with Crippen molar-refractivity contribution in [1.82, 2.24) is 15.1 Å². The van der Waals surface area contributed by atoms with Gasteiger partial charge in [-0.05, 0) is 63.0 Å². The monoisotopic (exact) mass is 382 g/mol. The Morgan fingerprint density at radius 1 is 1.29 bits per heavy atom. The first kappa shape index (κ1) is 18.7. The summed E-state index contributed by atoms with van der Waals surface area (Å²) in [5, 5.41) is 10.1. The molecule has 1 aliphatic heterocycles. The maximum atomic E-state index is 12.7. The molecule has 1 saturated heterocycles. The van der Waals surface area contributed by atoms with Gasteiger partial charge in [-0.25, -0.2) is 0 Å². The van der Waals surface area contributed by atoms with Gasteiger partial charge in [-0.15, -0.1) is 0 Å². The van der Waals surface area contributed by atoms with E-state index in [9.17, 15) is 9.59 Å². The van der Waals surface area contributed by atoms with Gasteiger partial charge in [-0.2, -0.15) is 5.10 Å². The molecule has 1 amide bonds. The molecule has 2 aliphatic rings. The van der Waals surface area contributed by atoms with Crippen LogP contribution in [0.1, 0.15) is 59.9 Å². The molecule has 2 aromatic rings. The number of esters is 1. The third-order valence-electron chi connectivity index (χ3n) is 6.17. The molecular formula is C21H26N4O3. The number of methoxy groups -OCH3 is 1. The van der Waals surface area contributed by atoms with Crippen LogP contribution in [0.15, 0.2) is 30.3 Å². The number of ether oxygens (including phenoxy) is 1. The van der Waals surface area contributed by atoms with Crippen molar-refractivity contribution in [3.8, 4) is 0 Å². The van der Waals surface area contributed by atoms with Crippen LogP contribution in [0.25, 0.3) is 0 Å². The zero-order valence-corrected chi connectivity index (χ0v) is 16.3. The van der Waals surface area contributed by atoms with E-state index in [-0.39, 0.29) is 17.9 Å². The van der Waals surface area contributed by atoms with Crippen LogP contribution in [0.4, 0.5) is 5.69 Å². The first-order chi connectivity index (χ1) is 13.5. The Hall–Kier alpha value is -2.67. The summed E-state index contributed by atoms with van der Waals surface area (Å²) in [4.78, 5) is 27.2. The summed E-state index contributed by atoms with van der Waals surface area (Å²) in [6.07, 6.45) is 4.76. The van der Waals surface area contributed by atoms with Gasteiger partial charge in [0.25, 0.3) is 5.91 Å². The zero-order chi connectivity index (χ0) is 19.7. The largest absolute Gasteiger partial charge is 0.468 e. The van der Waals surface area contributed by atoms with Gasteiger partial charge in [-0.1, -0.05) is 18.6 Å². The Bertz CT molecular complexity index is 887. The second-order valence-corrected chi connectivity index (χ2v) is 7.81. The van der Waals surface area contributed by atoms with Gasteiger partial charge < -0.3 is 10.1 Å². The summed E-state index contributed by atoms with van der Waals surface area (Å²) >= 11 is 0. The van der Waals surface area contributed by atoms with Crippen LogP contribution >= 0.6 is 0 Å². The molecule has 7 heteroatoms. The van der Waals surface area contributed by atoms with E-state index in [0.29, 0.717) is 11.4 Å². The van der Waals surface area contributed by atoms with Gasteiger partial charge in [-0.3, -0.25) is 19.6 Å². The van der Waals surface area contributed by atoms with E-state index in [1.165, 1.54) is 7.11 Å². The predicted octanol–water partition coefficient (Wildman–Crippen LogP) is 3.02. The van der Waals surface area contributed by atoms with Crippen LogP contribution in [0.2, 0.25) is 0 Å². The fraction of sp³-hybridized carbons (Fsp3) is 0.476. The zero-order valence-electron chi connectivity index (χ0n) is 16.3. The smallest absolute Gasteiger partial charge is 0.316 e. The number of H-pyrrole nitrogens is 1. The van der Waals surface area contributed by atoms with Gasteiger partial charge in [0.2, 0.25) is 0 Å². The van der Waals surface area contributed by atoms with Crippen molar-refractivity contribution in [2.24, 2.45) is 0 Å². The van der Waals surface area contributed by atoms with Crippen molar-refractivity contribution < 1.29 is 14.3 Å². The molecule has 1 atom stereocenters. The minimum absolute atomic E-state index is 0.208. The SMILES string of the molecule is COC(=O)C1(c2cccc(NC(=O)c3cc(C4CCCN4C)[nH]n3)c2)CCC1. The van der Waals surface area contributed by atoms with Crippen LogP contribution in [0, 0.1) is 0 Å². The number of hydrogen-bond donors (Lipinski definition) is 2. The van der Waals surface area contributed by atoms with Crippen molar-refractivity contribution in [2.45, 2.75) is 43.6 Å². The third kappa shape index (κ3) is 3.20. The molecule has 148 valence electrons. The standard InChI is InChI=1S/C21H26N4O3/c1-25-11-4-8-18(25)16-13-17(24-23-16)19(26)22-15-7-3-6-14(12-15)21(9-5-10-21)20(27)28-2/h3,6-7,12-13,18H,4-5,8-11H2,1-2H3,(H,22,26)(H,23,24). The quantitative estimate of drug-likeness (QED) is 0.776. The molecule has 2 N–H and O–H groups in total. The van der Waals surface area contributed by atoms with Crippen molar-refractivity contribution in [3.63, 3.8) is 0 Å². The number of amides is 1. The van der Waals surface area contributed by atoms with Crippen LogP contribution < -0.4 is 5.32 Å². The fourth-order valence-corrected chi connectivity index (χ4v) is 4.35. The molecule has 4 rings (SSSR count). The molecule has 1 aromatic carbocycles. The summed E-state index contributed by atoms with van der Waals surface area (Å²) in [5.41, 5.74) is 2.30. The number of carbonyl (C=O) groups is 2. The van der Waals surface area contributed by atoms with Crippen molar-refractivity contribution in [3.05, 3.63) is 47.3 Å². The van der Waals surface area contributed by atoms with Crippen LogP contribution in [0.5, 0.6) is 0 Å². The summed E-state index contributed by atoms with van der Waals surface area (Å²) in [5.74, 6) is -0.471. The van der Waals surface area contributed by atoms with Crippen LogP contribution in [-0.2, 0) is 14.9 Å². The molecule has 2 heterocycles. The van der Waals surface area contributed by atoms with Crippen molar-refractivity contribution in [2.75, 3.05) is 26.0 Å². The maximum absolute atomic E-state index is 12.7. The highest BCUT2D eigenvalue weighted by Crippen LogP contribution is 2.45. The number of rotatable bonds is 5. The molecule has 0 bridgehead atoms. The summed E-state index contributed by atoms with van der Waals surface area (Å²) < 4.78 is 5.02. The van der Waals surface area contributed by atoms with E-state index in [2.05, 4.69) is 27.5 Å².